The first-order valence-corrected chi connectivity index (χ1v) is 6.92. The van der Waals surface area contributed by atoms with Gasteiger partial charge in [-0.15, -0.1) is 0 Å². The lowest BCUT2D eigenvalue weighted by Gasteiger charge is -2.14. The Balaban J connectivity index is 2.13. The van der Waals surface area contributed by atoms with Crippen LogP contribution in [0.4, 0.5) is 5.69 Å². The molecular weight excluding hydrogens is 278 g/mol. The number of nitrogens with one attached hydrogen (secondary N) is 1. The molecule has 0 aliphatic rings. The fourth-order valence-electron chi connectivity index (χ4n) is 1.77. The molecule has 2 aromatic rings. The summed E-state index contributed by atoms with van der Waals surface area (Å²) >= 11 is 0. The summed E-state index contributed by atoms with van der Waals surface area (Å²) in [5.74, 6) is 5.35. The molecule has 0 saturated heterocycles. The monoisotopic (exact) mass is 295 g/mol. The zero-order valence-electron chi connectivity index (χ0n) is 12.5. The number of phenolic OH excluding ortho intramolecular Hbond substituents is 1. The molecule has 22 heavy (non-hydrogen) atoms. The van der Waals surface area contributed by atoms with Gasteiger partial charge in [-0.1, -0.05) is 24.1 Å². The largest absolute Gasteiger partial charge is 0.508 e. The van der Waals surface area contributed by atoms with Crippen LogP contribution in [0.3, 0.4) is 0 Å². The van der Waals surface area contributed by atoms with E-state index in [1.807, 2.05) is 44.2 Å². The van der Waals surface area contributed by atoms with Gasteiger partial charge in [0, 0.05) is 17.6 Å². The third-order valence-corrected chi connectivity index (χ3v) is 2.67. The minimum atomic E-state index is -0.442. The number of phenols is 1. The number of aromatic hydroxyl groups is 1. The third-order valence-electron chi connectivity index (χ3n) is 2.67. The fraction of sp³-hybridized carbons (Fsp3) is 0.167. The number of amides is 1. The van der Waals surface area contributed by atoms with Crippen LogP contribution in [0.5, 0.6) is 11.5 Å². The van der Waals surface area contributed by atoms with Crippen molar-refractivity contribution in [3.8, 4) is 23.3 Å². The van der Waals surface area contributed by atoms with Crippen molar-refractivity contribution in [3.05, 3.63) is 54.1 Å². The predicted octanol–water partition coefficient (Wildman–Crippen LogP) is 3.17. The van der Waals surface area contributed by atoms with Gasteiger partial charge in [0.15, 0.2) is 0 Å². The predicted molar refractivity (Wildman–Crippen MR) is 85.8 cm³/mol. The molecule has 2 rings (SSSR count). The average Bonchev–Trinajstić information content (AvgIpc) is 2.48. The first kappa shape index (κ1) is 15.5. The Bertz CT molecular complexity index is 712. The third kappa shape index (κ3) is 4.57. The van der Waals surface area contributed by atoms with E-state index in [0.29, 0.717) is 11.4 Å². The van der Waals surface area contributed by atoms with Crippen LogP contribution in [0.25, 0.3) is 0 Å². The maximum absolute atomic E-state index is 11.9. The van der Waals surface area contributed by atoms with E-state index in [1.165, 1.54) is 12.1 Å². The lowest BCUT2D eigenvalue weighted by molar-refractivity contribution is -0.111. The van der Waals surface area contributed by atoms with Crippen LogP contribution in [0, 0.1) is 11.8 Å². The van der Waals surface area contributed by atoms with Crippen LogP contribution in [-0.4, -0.2) is 17.1 Å². The summed E-state index contributed by atoms with van der Waals surface area (Å²) < 4.78 is 5.57. The molecule has 0 unspecified atom stereocenters. The Morgan fingerprint density at radius 2 is 1.91 bits per heavy atom. The van der Waals surface area contributed by atoms with Gasteiger partial charge in [-0.3, -0.25) is 4.79 Å². The van der Waals surface area contributed by atoms with E-state index in [9.17, 15) is 9.90 Å². The molecule has 0 heterocycles. The normalized spacial score (nSPS) is 9.77. The number of carbonyl (C=O) groups excluding carboxylic acids is 1. The van der Waals surface area contributed by atoms with Crippen molar-refractivity contribution in [1.82, 2.24) is 0 Å². The van der Waals surface area contributed by atoms with Crippen LogP contribution in [0.1, 0.15) is 19.4 Å². The number of hydrogen-bond donors (Lipinski definition) is 2. The second kappa shape index (κ2) is 7.19. The summed E-state index contributed by atoms with van der Waals surface area (Å²) in [6.45, 7) is 3.73. The molecule has 2 aromatic carbocycles. The number of rotatable bonds is 3. The minimum Gasteiger partial charge on any atom is -0.508 e. The van der Waals surface area contributed by atoms with E-state index in [2.05, 4.69) is 17.2 Å². The van der Waals surface area contributed by atoms with Crippen LogP contribution in [0.2, 0.25) is 0 Å². The molecule has 4 nitrogen and oxygen atoms in total. The topological polar surface area (TPSA) is 58.6 Å². The van der Waals surface area contributed by atoms with Crippen LogP contribution in [0.15, 0.2) is 48.5 Å². The van der Waals surface area contributed by atoms with E-state index < -0.39 is 5.91 Å². The van der Waals surface area contributed by atoms with Gasteiger partial charge in [0.2, 0.25) is 0 Å². The van der Waals surface area contributed by atoms with E-state index in [-0.39, 0.29) is 11.9 Å². The quantitative estimate of drug-likeness (QED) is 0.675. The molecule has 0 spiro atoms. The second-order valence-electron chi connectivity index (χ2n) is 4.92. The van der Waals surface area contributed by atoms with Crippen LogP contribution >= 0.6 is 0 Å². The first-order valence-electron chi connectivity index (χ1n) is 6.92. The lowest BCUT2D eigenvalue weighted by Crippen LogP contribution is -2.12. The first-order chi connectivity index (χ1) is 10.5. The highest BCUT2D eigenvalue weighted by molar-refractivity contribution is 6.05. The Morgan fingerprint density at radius 1 is 1.18 bits per heavy atom. The number of benzene rings is 2. The maximum Gasteiger partial charge on any atom is 0.300 e. The molecule has 1 amide bonds. The minimum absolute atomic E-state index is 0.0732. The Morgan fingerprint density at radius 3 is 2.59 bits per heavy atom. The summed E-state index contributed by atoms with van der Waals surface area (Å²) in [5.41, 5.74) is 1.24. The summed E-state index contributed by atoms with van der Waals surface area (Å²) in [4.78, 5) is 11.9. The van der Waals surface area contributed by atoms with E-state index in [4.69, 9.17) is 4.74 Å². The molecule has 0 aliphatic carbocycles. The molecule has 2 N–H and O–H groups in total. The highest BCUT2D eigenvalue weighted by Crippen LogP contribution is 2.29. The summed E-state index contributed by atoms with van der Waals surface area (Å²) in [7, 11) is 0. The summed E-state index contributed by atoms with van der Waals surface area (Å²) in [6, 6.07) is 13.8. The zero-order chi connectivity index (χ0) is 15.9. The summed E-state index contributed by atoms with van der Waals surface area (Å²) in [6.07, 6.45) is -0.0761. The Kier molecular flexibility index (Phi) is 5.05. The molecule has 0 atom stereocenters. The Hall–Kier alpha value is -2.93. The summed E-state index contributed by atoms with van der Waals surface area (Å²) in [5, 5.41) is 12.2. The molecule has 0 bridgehead atoms. The van der Waals surface area contributed by atoms with Crippen molar-refractivity contribution in [3.63, 3.8) is 0 Å². The van der Waals surface area contributed by atoms with Gasteiger partial charge >= 0.3 is 5.91 Å². The molecule has 0 saturated carbocycles. The number of carbonyl (C=O) groups is 1. The van der Waals surface area contributed by atoms with Gasteiger partial charge in [0.1, 0.15) is 11.5 Å². The lowest BCUT2D eigenvalue weighted by atomic mass is 10.2. The number of ether oxygens (including phenoxy) is 1. The standard InChI is InChI=1S/C18H17NO3/c1-13(2)22-17-12-15(20)9-10-16(17)19-18(21)11-8-14-6-4-3-5-7-14/h3-7,9-10,12-13,20H,1-2H3,(H,19,21). The molecule has 0 fully saturated rings. The van der Waals surface area contributed by atoms with Crippen molar-refractivity contribution in [2.75, 3.05) is 5.32 Å². The maximum atomic E-state index is 11.9. The molecular formula is C18H17NO3. The van der Waals surface area contributed by atoms with Crippen LogP contribution < -0.4 is 10.1 Å². The zero-order valence-corrected chi connectivity index (χ0v) is 12.5. The van der Waals surface area contributed by atoms with Gasteiger partial charge in [-0.05, 0) is 38.1 Å². The van der Waals surface area contributed by atoms with E-state index >= 15 is 0 Å². The van der Waals surface area contributed by atoms with Crippen molar-refractivity contribution in [2.45, 2.75) is 20.0 Å². The van der Waals surface area contributed by atoms with Gasteiger partial charge in [0.25, 0.3) is 0 Å². The molecule has 112 valence electrons. The van der Waals surface area contributed by atoms with Crippen molar-refractivity contribution >= 4 is 11.6 Å². The highest BCUT2D eigenvalue weighted by Gasteiger charge is 2.09. The van der Waals surface area contributed by atoms with Gasteiger partial charge in [-0.2, -0.15) is 0 Å². The smallest absolute Gasteiger partial charge is 0.300 e. The fourth-order valence-corrected chi connectivity index (χ4v) is 1.77. The number of anilines is 1. The van der Waals surface area contributed by atoms with Crippen molar-refractivity contribution in [1.29, 1.82) is 0 Å². The number of hydrogen-bond acceptors (Lipinski definition) is 3. The molecule has 0 aliphatic heterocycles. The van der Waals surface area contributed by atoms with Gasteiger partial charge < -0.3 is 15.2 Å². The Labute approximate surface area is 129 Å². The molecule has 0 radical (unpaired) electrons. The second-order valence-corrected chi connectivity index (χ2v) is 4.92. The van der Waals surface area contributed by atoms with Crippen LogP contribution in [-0.2, 0) is 4.79 Å². The molecule has 0 aromatic heterocycles. The van der Waals surface area contributed by atoms with Gasteiger partial charge in [0.05, 0.1) is 11.8 Å². The highest BCUT2D eigenvalue weighted by atomic mass is 16.5. The van der Waals surface area contributed by atoms with E-state index in [1.54, 1.807) is 6.07 Å². The van der Waals surface area contributed by atoms with Crippen molar-refractivity contribution in [2.24, 2.45) is 0 Å². The van der Waals surface area contributed by atoms with Crippen molar-refractivity contribution < 1.29 is 14.6 Å². The van der Waals surface area contributed by atoms with Gasteiger partial charge in [-0.25, -0.2) is 0 Å². The van der Waals surface area contributed by atoms with E-state index in [0.717, 1.165) is 5.56 Å². The molecule has 4 heteroatoms. The SMILES string of the molecule is CC(C)Oc1cc(O)ccc1NC(=O)C#Cc1ccccc1. The average molecular weight is 295 g/mol.